The number of hydrogen-bond donors (Lipinski definition) is 0. The molecule has 0 fully saturated rings. The molecule has 5 aliphatic rings. The van der Waals surface area contributed by atoms with Crippen LogP contribution in [0, 0.1) is 0 Å². The summed E-state index contributed by atoms with van der Waals surface area (Å²) in [5.74, 6) is 0. The smallest absolute Gasteiger partial charge is 0.170 e. The number of aliphatic imine (C=N–C) groups is 1. The summed E-state index contributed by atoms with van der Waals surface area (Å²) in [7, 11) is 0. The van der Waals surface area contributed by atoms with Crippen LogP contribution < -0.4 is 4.90 Å². The fourth-order valence-corrected chi connectivity index (χ4v) is 12.9. The quantitative estimate of drug-likeness (QED) is 0.177. The summed E-state index contributed by atoms with van der Waals surface area (Å²) >= 11 is 1.81. The van der Waals surface area contributed by atoms with Gasteiger partial charge in [0.05, 0.1) is 29.2 Å². The van der Waals surface area contributed by atoms with E-state index in [1.54, 1.807) is 11.8 Å². The molecule has 2 atom stereocenters. The maximum atomic E-state index is 5.15. The highest BCUT2D eigenvalue weighted by molar-refractivity contribution is 8.15. The van der Waals surface area contributed by atoms with Gasteiger partial charge in [-0.2, -0.15) is 0 Å². The summed E-state index contributed by atoms with van der Waals surface area (Å²) in [5, 5.41) is 1.09. The van der Waals surface area contributed by atoms with Crippen LogP contribution in [0.25, 0.3) is 123 Å². The number of fused-ring (bicyclic) bond motifs is 21. The average Bonchev–Trinajstić information content (AvgIpc) is 3.99. The number of nitrogens with zero attached hydrogens (tertiary/aromatic N) is 4. The van der Waals surface area contributed by atoms with Crippen LogP contribution >= 0.6 is 11.8 Å². The molecule has 0 saturated heterocycles. The van der Waals surface area contributed by atoms with Crippen molar-refractivity contribution in [3.05, 3.63) is 231 Å². The van der Waals surface area contributed by atoms with Gasteiger partial charge in [0.25, 0.3) is 0 Å². The van der Waals surface area contributed by atoms with Crippen LogP contribution in [-0.4, -0.2) is 27.2 Å². The lowest BCUT2D eigenvalue weighted by Crippen LogP contribution is -2.35. The van der Waals surface area contributed by atoms with E-state index in [-0.39, 0.29) is 12.1 Å². The largest absolute Gasteiger partial charge is 0.310 e. The van der Waals surface area contributed by atoms with Crippen LogP contribution in [0.4, 0.5) is 5.69 Å². The van der Waals surface area contributed by atoms with E-state index in [1.807, 2.05) is 24.5 Å². The molecule has 2 unspecified atom stereocenters. The first kappa shape index (κ1) is 39.4. The minimum Gasteiger partial charge on any atom is -0.310 e. The van der Waals surface area contributed by atoms with Gasteiger partial charge < -0.3 is 4.90 Å². The number of amidine groups is 1. The first-order valence-corrected chi connectivity index (χ1v) is 24.8. The SMILES string of the molecule is C1=CC2N=C3Sc4c(-c5ccc6c(c5)-c5ccccc5-c5ccccc5-c5cc(-c7cccc(-c8ccc9c(c8)-c8cccnc8-c8ncccc8-c8ccccc8-9)c7)ccc5-6)cccc4N3C2C=C1. The monoisotopic (exact) mass is 908 g/mol. The Kier molecular flexibility index (Phi) is 8.68. The molecule has 15 rings (SSSR count). The van der Waals surface area contributed by atoms with Gasteiger partial charge in [-0.3, -0.25) is 15.0 Å². The molecule has 2 aliphatic heterocycles. The third-order valence-corrected chi connectivity index (χ3v) is 16.0. The van der Waals surface area contributed by atoms with Crippen molar-refractivity contribution in [1.29, 1.82) is 0 Å². The van der Waals surface area contributed by atoms with Gasteiger partial charge in [0.1, 0.15) is 0 Å². The van der Waals surface area contributed by atoms with E-state index >= 15 is 0 Å². The number of anilines is 1. The minimum absolute atomic E-state index is 0.168. The van der Waals surface area contributed by atoms with Crippen LogP contribution in [0.15, 0.2) is 241 Å². The zero-order valence-corrected chi connectivity index (χ0v) is 38.6. The number of pyridine rings is 2. The lowest BCUT2D eigenvalue weighted by Gasteiger charge is -2.25. The molecule has 0 spiro atoms. The second-order valence-electron chi connectivity index (χ2n) is 18.6. The minimum atomic E-state index is 0.168. The first-order chi connectivity index (χ1) is 34.7. The standard InChI is InChI=1S/C65H40N4S/c1-4-18-48-47(17-1)51-30-27-42(37-58(51)55-23-12-34-67-63(55)62-54(48)22-11-33-66-62)40-14-9-13-39(35-40)41-28-31-52-53-32-29-43(44-21-10-26-61-64(44)70-65-68-59-24-7-8-25-60(59)69(61)65)38-57(53)50-20-6-3-16-46(50)45-15-2-5-19-49(45)56(52)36-41/h1-38,59-60H. The van der Waals surface area contributed by atoms with Crippen molar-refractivity contribution in [2.45, 2.75) is 17.0 Å². The maximum Gasteiger partial charge on any atom is 0.170 e. The first-order valence-electron chi connectivity index (χ1n) is 24.0. The lowest BCUT2D eigenvalue weighted by molar-refractivity contribution is 0.737. The molecule has 2 aromatic heterocycles. The predicted molar refractivity (Wildman–Crippen MR) is 291 cm³/mol. The molecule has 70 heavy (non-hydrogen) atoms. The molecule has 4 heterocycles. The number of allylic oxidation sites excluding steroid dienone is 2. The molecule has 5 heteroatoms. The molecule has 10 aromatic rings. The molecular weight excluding hydrogens is 869 g/mol. The summed E-state index contributed by atoms with van der Waals surface area (Å²) in [6.07, 6.45) is 12.5. The number of hydrogen-bond acceptors (Lipinski definition) is 5. The molecule has 0 N–H and O–H groups in total. The molecule has 0 amide bonds. The van der Waals surface area contributed by atoms with Gasteiger partial charge in [0.15, 0.2) is 5.17 Å². The normalized spacial score (nSPS) is 15.9. The Balaban J connectivity index is 0.856. The van der Waals surface area contributed by atoms with Gasteiger partial charge in [-0.25, -0.2) is 0 Å². The Hall–Kier alpha value is -8.64. The van der Waals surface area contributed by atoms with E-state index in [0.29, 0.717) is 0 Å². The zero-order valence-electron chi connectivity index (χ0n) is 37.8. The van der Waals surface area contributed by atoms with Crippen LogP contribution in [-0.2, 0) is 0 Å². The van der Waals surface area contributed by atoms with Gasteiger partial charge in [-0.1, -0.05) is 176 Å². The van der Waals surface area contributed by atoms with Crippen molar-refractivity contribution < 1.29 is 0 Å². The van der Waals surface area contributed by atoms with Crippen molar-refractivity contribution in [2.75, 3.05) is 4.90 Å². The van der Waals surface area contributed by atoms with Crippen molar-refractivity contribution >= 4 is 22.6 Å². The third kappa shape index (κ3) is 5.95. The van der Waals surface area contributed by atoms with Crippen LogP contribution in [0.5, 0.6) is 0 Å². The van der Waals surface area contributed by atoms with Gasteiger partial charge >= 0.3 is 0 Å². The van der Waals surface area contributed by atoms with E-state index in [4.69, 9.17) is 15.0 Å². The van der Waals surface area contributed by atoms with Crippen LogP contribution in [0.2, 0.25) is 0 Å². The Morgan fingerprint density at radius 3 is 1.37 bits per heavy atom. The highest BCUT2D eigenvalue weighted by atomic mass is 32.2. The Morgan fingerprint density at radius 2 is 0.771 bits per heavy atom. The lowest BCUT2D eigenvalue weighted by atomic mass is 9.79. The molecular formula is C65H40N4S. The molecule has 0 radical (unpaired) electrons. The van der Waals surface area contributed by atoms with Crippen LogP contribution in [0.1, 0.15) is 0 Å². The molecule has 4 nitrogen and oxygen atoms in total. The topological polar surface area (TPSA) is 41.4 Å². The number of benzene rings is 8. The predicted octanol–water partition coefficient (Wildman–Crippen LogP) is 16.6. The fourth-order valence-electron chi connectivity index (χ4n) is 11.6. The van der Waals surface area contributed by atoms with Gasteiger partial charge in [-0.15, -0.1) is 0 Å². The summed E-state index contributed by atoms with van der Waals surface area (Å²) in [5.41, 5.74) is 26.8. The van der Waals surface area contributed by atoms with E-state index in [0.717, 1.165) is 49.9 Å². The Bertz CT molecular complexity index is 3970. The highest BCUT2D eigenvalue weighted by Gasteiger charge is 2.41. The average molecular weight is 909 g/mol. The second-order valence-corrected chi connectivity index (χ2v) is 19.6. The summed E-state index contributed by atoms with van der Waals surface area (Å²) < 4.78 is 0. The second kappa shape index (κ2) is 15.4. The van der Waals surface area contributed by atoms with E-state index in [9.17, 15) is 0 Å². The Labute approximate surface area is 410 Å². The summed E-state index contributed by atoms with van der Waals surface area (Å²) in [6.45, 7) is 0. The summed E-state index contributed by atoms with van der Waals surface area (Å²) in [6, 6.07) is 72.2. The van der Waals surface area contributed by atoms with E-state index < -0.39 is 0 Å². The number of aromatic nitrogens is 2. The zero-order chi connectivity index (χ0) is 45.9. The van der Waals surface area contributed by atoms with Crippen molar-refractivity contribution in [3.63, 3.8) is 0 Å². The molecule has 0 saturated carbocycles. The number of thioether (sulfide) groups is 1. The molecule has 0 bridgehead atoms. The van der Waals surface area contributed by atoms with E-state index in [2.05, 4.69) is 211 Å². The van der Waals surface area contributed by atoms with Gasteiger partial charge in [-0.05, 0) is 154 Å². The maximum absolute atomic E-state index is 5.15. The van der Waals surface area contributed by atoms with E-state index in [1.165, 1.54) is 88.5 Å². The van der Waals surface area contributed by atoms with Crippen molar-refractivity contribution in [1.82, 2.24) is 9.97 Å². The third-order valence-electron chi connectivity index (χ3n) is 14.8. The fraction of sp³-hybridized carbons (Fsp3) is 0.0308. The van der Waals surface area contributed by atoms with Gasteiger partial charge in [0, 0.05) is 28.4 Å². The molecule has 8 aromatic carbocycles. The van der Waals surface area contributed by atoms with Crippen molar-refractivity contribution in [2.24, 2.45) is 4.99 Å². The molecule has 3 aliphatic carbocycles. The number of rotatable bonds is 3. The highest BCUT2D eigenvalue weighted by Crippen LogP contribution is 2.54. The molecule has 326 valence electrons. The van der Waals surface area contributed by atoms with Crippen LogP contribution in [0.3, 0.4) is 0 Å². The van der Waals surface area contributed by atoms with Gasteiger partial charge in [0.2, 0.25) is 0 Å². The Morgan fingerprint density at radius 1 is 0.343 bits per heavy atom. The summed E-state index contributed by atoms with van der Waals surface area (Å²) in [4.78, 5) is 18.7. The van der Waals surface area contributed by atoms with Crippen molar-refractivity contribution in [3.8, 4) is 123 Å².